The van der Waals surface area contributed by atoms with Crippen molar-refractivity contribution < 1.29 is 0 Å². The van der Waals surface area contributed by atoms with Gasteiger partial charge in [0.05, 0.1) is 0 Å². The minimum absolute atomic E-state index is 0.0833. The van der Waals surface area contributed by atoms with Crippen molar-refractivity contribution in [2.45, 2.75) is 44.6 Å². The molecular formula is C13H18ClN. The summed E-state index contributed by atoms with van der Waals surface area (Å²) in [5, 5.41) is 0.844. The third-order valence-electron chi connectivity index (χ3n) is 3.14. The van der Waals surface area contributed by atoms with Crippen molar-refractivity contribution in [1.29, 1.82) is 0 Å². The molecule has 1 aromatic carbocycles. The van der Waals surface area contributed by atoms with Gasteiger partial charge in [-0.3, -0.25) is 0 Å². The van der Waals surface area contributed by atoms with Crippen LogP contribution >= 0.6 is 11.6 Å². The Morgan fingerprint density at radius 1 is 1.27 bits per heavy atom. The second-order valence-corrected chi connectivity index (χ2v) is 6.01. The molecule has 1 nitrogen and oxygen atoms in total. The molecule has 2 N–H and O–H groups in total. The van der Waals surface area contributed by atoms with Gasteiger partial charge in [0.25, 0.3) is 0 Å². The maximum Gasteiger partial charge on any atom is 0.0446 e. The highest BCUT2D eigenvalue weighted by Crippen LogP contribution is 2.44. The van der Waals surface area contributed by atoms with Crippen LogP contribution in [0.25, 0.3) is 0 Å². The van der Waals surface area contributed by atoms with Gasteiger partial charge in [-0.1, -0.05) is 44.5 Å². The van der Waals surface area contributed by atoms with Gasteiger partial charge >= 0.3 is 0 Å². The summed E-state index contributed by atoms with van der Waals surface area (Å²) >= 11 is 6.29. The summed E-state index contributed by atoms with van der Waals surface area (Å²) in [6.07, 6.45) is 2.16. The molecule has 1 aliphatic carbocycles. The minimum atomic E-state index is -0.0833. The van der Waals surface area contributed by atoms with E-state index in [2.05, 4.69) is 32.9 Å². The first-order valence-electron chi connectivity index (χ1n) is 5.42. The lowest BCUT2D eigenvalue weighted by Gasteiger charge is -2.22. The Morgan fingerprint density at radius 2 is 1.87 bits per heavy atom. The lowest BCUT2D eigenvalue weighted by Crippen LogP contribution is -2.19. The van der Waals surface area contributed by atoms with E-state index in [-0.39, 0.29) is 11.0 Å². The van der Waals surface area contributed by atoms with Crippen molar-refractivity contribution in [2.75, 3.05) is 0 Å². The van der Waals surface area contributed by atoms with Crippen LogP contribution in [0.15, 0.2) is 18.2 Å². The van der Waals surface area contributed by atoms with Crippen LogP contribution in [0.1, 0.15) is 44.7 Å². The molecule has 0 atom stereocenters. The van der Waals surface area contributed by atoms with Gasteiger partial charge in [0.15, 0.2) is 0 Å². The number of rotatable bonds is 1. The van der Waals surface area contributed by atoms with E-state index in [1.165, 1.54) is 11.1 Å². The highest BCUT2D eigenvalue weighted by Gasteiger charge is 2.40. The molecule has 0 aromatic heterocycles. The molecule has 0 amide bonds. The summed E-state index contributed by atoms with van der Waals surface area (Å²) in [6, 6.07) is 6.28. The minimum Gasteiger partial charge on any atom is -0.321 e. The van der Waals surface area contributed by atoms with Gasteiger partial charge in [0.2, 0.25) is 0 Å². The van der Waals surface area contributed by atoms with Gasteiger partial charge in [-0.15, -0.1) is 0 Å². The van der Waals surface area contributed by atoms with Crippen molar-refractivity contribution in [2.24, 2.45) is 5.73 Å². The zero-order valence-corrected chi connectivity index (χ0v) is 10.4. The first kappa shape index (κ1) is 11.0. The zero-order chi connectivity index (χ0) is 11.3. The van der Waals surface area contributed by atoms with Gasteiger partial charge in [-0.25, -0.2) is 0 Å². The van der Waals surface area contributed by atoms with E-state index < -0.39 is 0 Å². The largest absolute Gasteiger partial charge is 0.321 e. The van der Waals surface area contributed by atoms with E-state index >= 15 is 0 Å². The standard InChI is InChI=1S/C13H18ClN/c1-12(2,3)10-5-4-9(8-11(10)14)13(15)6-7-13/h4-5,8H,6-7,15H2,1-3H3. The van der Waals surface area contributed by atoms with Crippen LogP contribution in [0.2, 0.25) is 5.02 Å². The third-order valence-corrected chi connectivity index (χ3v) is 3.45. The van der Waals surface area contributed by atoms with Gasteiger partial charge < -0.3 is 5.73 Å². The SMILES string of the molecule is CC(C)(C)c1ccc(C2(N)CC2)cc1Cl. The van der Waals surface area contributed by atoms with Crippen LogP contribution in [-0.4, -0.2) is 0 Å². The number of benzene rings is 1. The van der Waals surface area contributed by atoms with Gasteiger partial charge in [-0.05, 0) is 35.4 Å². The Bertz CT molecular complexity index is 386. The van der Waals surface area contributed by atoms with Crippen molar-refractivity contribution in [3.8, 4) is 0 Å². The second kappa shape index (κ2) is 3.23. The predicted octanol–water partition coefficient (Wildman–Crippen LogP) is 3.59. The molecule has 0 unspecified atom stereocenters. The summed E-state index contributed by atoms with van der Waals surface area (Å²) in [7, 11) is 0. The summed E-state index contributed by atoms with van der Waals surface area (Å²) < 4.78 is 0. The Kier molecular flexibility index (Phi) is 2.36. The van der Waals surface area contributed by atoms with Gasteiger partial charge in [0.1, 0.15) is 0 Å². The first-order valence-corrected chi connectivity index (χ1v) is 5.80. The Morgan fingerprint density at radius 3 is 2.27 bits per heavy atom. The first-order chi connectivity index (χ1) is 6.83. The van der Waals surface area contributed by atoms with Crippen molar-refractivity contribution in [3.05, 3.63) is 34.3 Å². The van der Waals surface area contributed by atoms with E-state index in [1.54, 1.807) is 0 Å². The lowest BCUT2D eigenvalue weighted by atomic mass is 9.86. The molecule has 82 valence electrons. The normalized spacial score (nSPS) is 19.0. The third kappa shape index (κ3) is 2.04. The Labute approximate surface area is 96.6 Å². The molecule has 0 aliphatic heterocycles. The van der Waals surface area contributed by atoms with Crippen LogP contribution in [0, 0.1) is 0 Å². The number of nitrogens with two attached hydrogens (primary N) is 1. The highest BCUT2D eigenvalue weighted by molar-refractivity contribution is 6.31. The fourth-order valence-electron chi connectivity index (χ4n) is 1.86. The molecule has 1 aromatic rings. The monoisotopic (exact) mass is 223 g/mol. The smallest absolute Gasteiger partial charge is 0.0446 e. The van der Waals surface area contributed by atoms with E-state index in [1.807, 2.05) is 6.07 Å². The van der Waals surface area contributed by atoms with Crippen LogP contribution in [-0.2, 0) is 11.0 Å². The summed E-state index contributed by atoms with van der Waals surface area (Å²) in [6.45, 7) is 6.51. The quantitative estimate of drug-likeness (QED) is 0.774. The fourth-order valence-corrected chi connectivity index (χ4v) is 2.32. The molecule has 2 heteroatoms. The van der Waals surface area contributed by atoms with E-state index in [9.17, 15) is 0 Å². The predicted molar refractivity (Wildman–Crippen MR) is 65.3 cm³/mol. The van der Waals surface area contributed by atoms with Crippen molar-refractivity contribution >= 4 is 11.6 Å². The van der Waals surface area contributed by atoms with Gasteiger partial charge in [0, 0.05) is 10.6 Å². The Hall–Kier alpha value is -0.530. The molecule has 0 saturated heterocycles. The van der Waals surface area contributed by atoms with Crippen LogP contribution in [0.5, 0.6) is 0 Å². The molecule has 15 heavy (non-hydrogen) atoms. The Balaban J connectivity index is 2.39. The maximum atomic E-state index is 6.29. The summed E-state index contributed by atoms with van der Waals surface area (Å²) in [4.78, 5) is 0. The molecule has 1 fully saturated rings. The molecule has 0 bridgehead atoms. The second-order valence-electron chi connectivity index (χ2n) is 5.60. The van der Waals surface area contributed by atoms with E-state index in [0.717, 1.165) is 17.9 Å². The molecule has 1 saturated carbocycles. The maximum absolute atomic E-state index is 6.29. The number of halogens is 1. The fraction of sp³-hybridized carbons (Fsp3) is 0.538. The molecule has 0 spiro atoms. The average molecular weight is 224 g/mol. The average Bonchev–Trinajstić information content (AvgIpc) is 2.82. The van der Waals surface area contributed by atoms with Crippen LogP contribution < -0.4 is 5.73 Å². The molecular weight excluding hydrogens is 206 g/mol. The molecule has 1 aliphatic rings. The van der Waals surface area contributed by atoms with Crippen molar-refractivity contribution in [1.82, 2.24) is 0 Å². The molecule has 2 rings (SSSR count). The molecule has 0 heterocycles. The zero-order valence-electron chi connectivity index (χ0n) is 9.60. The summed E-state index contributed by atoms with van der Waals surface area (Å²) in [5.41, 5.74) is 8.52. The molecule has 0 radical (unpaired) electrons. The van der Waals surface area contributed by atoms with Crippen LogP contribution in [0.4, 0.5) is 0 Å². The lowest BCUT2D eigenvalue weighted by molar-refractivity contribution is 0.589. The number of hydrogen-bond donors (Lipinski definition) is 1. The van der Waals surface area contributed by atoms with Crippen molar-refractivity contribution in [3.63, 3.8) is 0 Å². The van der Waals surface area contributed by atoms with Gasteiger partial charge in [-0.2, -0.15) is 0 Å². The number of hydrogen-bond acceptors (Lipinski definition) is 1. The topological polar surface area (TPSA) is 26.0 Å². The summed E-state index contributed by atoms with van der Waals surface area (Å²) in [5.74, 6) is 0. The van der Waals surface area contributed by atoms with E-state index in [4.69, 9.17) is 17.3 Å². The van der Waals surface area contributed by atoms with Crippen LogP contribution in [0.3, 0.4) is 0 Å². The highest BCUT2D eigenvalue weighted by atomic mass is 35.5. The van der Waals surface area contributed by atoms with E-state index in [0.29, 0.717) is 0 Å².